The third-order valence-corrected chi connectivity index (χ3v) is 21.9. The molecule has 0 saturated carbocycles. The highest BCUT2D eigenvalue weighted by Crippen LogP contribution is 2.35. The first-order chi connectivity index (χ1) is 65.1. The van der Waals surface area contributed by atoms with Gasteiger partial charge in [0.2, 0.25) is 0 Å². The van der Waals surface area contributed by atoms with E-state index in [1.807, 2.05) is 144 Å². The highest BCUT2D eigenvalue weighted by molar-refractivity contribution is 5.90. The number of para-hydroxylation sites is 1. The zero-order valence-corrected chi connectivity index (χ0v) is 76.9. The lowest BCUT2D eigenvalue weighted by molar-refractivity contribution is -0.137. The van der Waals surface area contributed by atoms with E-state index < -0.39 is 11.7 Å². The van der Waals surface area contributed by atoms with Crippen molar-refractivity contribution in [2.24, 2.45) is 0 Å². The summed E-state index contributed by atoms with van der Waals surface area (Å²) >= 11 is 0. The van der Waals surface area contributed by atoms with Crippen molar-refractivity contribution < 1.29 is 50.3 Å². The van der Waals surface area contributed by atoms with Crippen LogP contribution in [-0.2, 0) is 61.5 Å². The van der Waals surface area contributed by atoms with Crippen LogP contribution in [0.5, 0.6) is 17.2 Å². The highest BCUT2D eigenvalue weighted by Gasteiger charge is 2.31. The highest BCUT2D eigenvalue weighted by atomic mass is 19.4. The number of hydrogen-bond donors (Lipinski definition) is 5. The van der Waals surface area contributed by atoms with Crippen molar-refractivity contribution in [2.45, 2.75) is 178 Å². The maximum Gasteiger partial charge on any atom is 0.416 e. The Kier molecular flexibility index (Phi) is 31.3. The number of benzene rings is 1. The van der Waals surface area contributed by atoms with Crippen LogP contribution in [0.2, 0.25) is 0 Å². The minimum absolute atomic E-state index is 0.0484. The van der Waals surface area contributed by atoms with Gasteiger partial charge >= 0.3 is 6.18 Å². The minimum atomic E-state index is -4.42. The molecule has 2 fully saturated rings. The van der Waals surface area contributed by atoms with Crippen LogP contribution in [0.4, 0.5) is 46.7 Å². The summed E-state index contributed by atoms with van der Waals surface area (Å²) in [7, 11) is 1.63. The fourth-order valence-corrected chi connectivity index (χ4v) is 15.7. The van der Waals surface area contributed by atoms with Gasteiger partial charge in [0, 0.05) is 99.8 Å². The largest absolute Gasteiger partial charge is 0.494 e. The first-order valence-electron chi connectivity index (χ1n) is 44.9. The summed E-state index contributed by atoms with van der Waals surface area (Å²) in [5, 5.41) is 24.9. The molecule has 33 nitrogen and oxygen atoms in total. The predicted octanol–water partition coefficient (Wildman–Crippen LogP) is 18.1. The first-order valence-corrected chi connectivity index (χ1v) is 44.9. The van der Waals surface area contributed by atoms with Crippen molar-refractivity contribution in [3.05, 3.63) is 263 Å². The van der Waals surface area contributed by atoms with Gasteiger partial charge in [-0.1, -0.05) is 61.3 Å². The zero-order valence-electron chi connectivity index (χ0n) is 76.9. The summed E-state index contributed by atoms with van der Waals surface area (Å²) in [6.07, 6.45) is 19.3. The van der Waals surface area contributed by atoms with E-state index in [0.29, 0.717) is 103 Å². The van der Waals surface area contributed by atoms with Gasteiger partial charge in [0.25, 0.3) is 0 Å². The van der Waals surface area contributed by atoms with E-state index in [0.717, 1.165) is 222 Å². The van der Waals surface area contributed by atoms with E-state index in [2.05, 4.69) is 153 Å². The number of methoxy groups -OCH3 is 1. The summed E-state index contributed by atoms with van der Waals surface area (Å²) < 4.78 is 101. The van der Waals surface area contributed by atoms with Gasteiger partial charge in [-0.05, 0) is 154 Å². The van der Waals surface area contributed by atoms with Crippen molar-refractivity contribution in [1.29, 1.82) is 0 Å². The number of ether oxygens (including phenoxy) is 5. The molecule has 19 rings (SSSR count). The quantitative estimate of drug-likeness (QED) is 0.0193. The maximum absolute atomic E-state index is 13.1. The average molecular weight is 1830 g/mol. The maximum atomic E-state index is 13.1. The van der Waals surface area contributed by atoms with Crippen LogP contribution in [0.3, 0.4) is 0 Å². The number of halogens is 4. The van der Waals surface area contributed by atoms with Crippen LogP contribution in [0.25, 0.3) is 55.2 Å². The molecule has 5 N–H and O–H groups in total. The number of nitrogens with one attached hydrogen (secondary N) is 5. The van der Waals surface area contributed by atoms with Gasteiger partial charge in [0.15, 0.2) is 40.6 Å². The molecule has 0 bridgehead atoms. The molecule has 2 unspecified atom stereocenters. The number of anilines is 5. The molecule has 18 heterocycles. The molecule has 0 spiro atoms. The number of rotatable bonds is 32. The second-order valence-electron chi connectivity index (χ2n) is 32.4. The Hall–Kier alpha value is -14.6. The average Bonchev–Trinajstić information content (AvgIpc) is 1.65. The molecule has 0 amide bonds. The monoisotopic (exact) mass is 1830 g/mol. The van der Waals surface area contributed by atoms with Gasteiger partial charge in [-0.2, -0.15) is 13.2 Å². The van der Waals surface area contributed by atoms with Gasteiger partial charge in [-0.25, -0.2) is 54.2 Å². The minimum Gasteiger partial charge on any atom is -0.494 e. The molecule has 2 aliphatic rings. The van der Waals surface area contributed by atoms with E-state index in [4.69, 9.17) is 32.7 Å². The third kappa shape index (κ3) is 24.6. The third-order valence-electron chi connectivity index (χ3n) is 21.9. The number of unbranched alkanes of at least 4 members (excludes halogenated alkanes) is 2. The molecule has 37 heteroatoms. The van der Waals surface area contributed by atoms with Gasteiger partial charge in [0.05, 0.1) is 147 Å². The number of pyridine rings is 4. The van der Waals surface area contributed by atoms with Gasteiger partial charge < -0.3 is 82.1 Å². The normalized spacial score (nSPS) is 13.5. The lowest BCUT2D eigenvalue weighted by atomic mass is 10.2. The van der Waals surface area contributed by atoms with Crippen LogP contribution in [0.15, 0.2) is 180 Å². The Morgan fingerprint density at radius 2 is 0.910 bits per heavy atom. The molecule has 2 saturated heterocycles. The molecule has 0 radical (unpaired) electrons. The van der Waals surface area contributed by atoms with Crippen molar-refractivity contribution in [2.75, 3.05) is 79.8 Å². The van der Waals surface area contributed by atoms with Crippen LogP contribution in [-0.4, -0.2) is 168 Å². The standard InChI is InChI=1S/C22H29N5O3.C20H26N4O.C19H17F3N6O.C18H17FN6O.C18H21N5O/c1-4-5-8-23-22-21-18(25-15(2)26-22)6-9-27(21)13-16-11-19(20(28-3)12-24-16)30-17-7-10-29-14-17;1-4-6-12-21-20-19-17(22-15(3)23-20)11-13-24(19)14-16-9-7-8-10-18(16)25-5-2;1-11-7-14(27-29-11)9-24-18-17-16(25-12(2)26-18)4-6-28(17)10-15-8-13(3-5-23-15)19(20,21)22;1-11-7-15(24-26-11)9-21-18-17-16(22-12(2)23-18)5-6-25(17)10-14-4-3-13(19)8-20-14;1-13-21-16-7-9-23(12-14-5-2-3-8-19-14)17(16)18(22-13)20-11-15-6-4-10-24-15/h6,9,11-12,17H,4-5,7-8,10,13-14H2,1-3H3,(H,23,25,26);7-11,13H,4-6,12,14H2,1-3H3,(H,21,22,23);3-8H,9-10H2,1-2H3,(H,24,25,26);3-8H,9-10H2,1-2H3,(H,21,22,23);2-3,5,7-9,15H,4,6,10-12H2,1H3,(H,20,21,22). The second kappa shape index (κ2) is 44.5. The summed E-state index contributed by atoms with van der Waals surface area (Å²) in [5.74, 6) is 10.9. The zero-order chi connectivity index (χ0) is 93.6. The molecule has 17 aromatic rings. The summed E-state index contributed by atoms with van der Waals surface area (Å²) in [4.78, 5) is 62.7. The lowest BCUT2D eigenvalue weighted by Crippen LogP contribution is -2.20. The number of alkyl halides is 3. The van der Waals surface area contributed by atoms with Crippen LogP contribution < -0.4 is 40.8 Å². The Labute approximate surface area is 771 Å². The van der Waals surface area contributed by atoms with Crippen molar-refractivity contribution in [3.63, 3.8) is 0 Å². The molecule has 1 aromatic carbocycles. The fraction of sp³-hybridized carbons (Fsp3) is 0.361. The Morgan fingerprint density at radius 3 is 1.35 bits per heavy atom. The number of nitrogens with zero attached hydrogens (tertiary/aromatic N) is 21. The Balaban J connectivity index is 0.000000128. The fourth-order valence-electron chi connectivity index (χ4n) is 15.7. The van der Waals surface area contributed by atoms with Crippen molar-refractivity contribution in [1.82, 2.24) is 103 Å². The number of aromatic nitrogens is 21. The van der Waals surface area contributed by atoms with E-state index in [9.17, 15) is 17.6 Å². The van der Waals surface area contributed by atoms with Crippen molar-refractivity contribution >= 4 is 84.3 Å². The second-order valence-corrected chi connectivity index (χ2v) is 32.4. The van der Waals surface area contributed by atoms with Gasteiger partial charge in [-0.15, -0.1) is 0 Å². The van der Waals surface area contributed by atoms with Crippen molar-refractivity contribution in [3.8, 4) is 17.2 Å². The predicted molar refractivity (Wildman–Crippen MR) is 504 cm³/mol. The molecule has 698 valence electrons. The SMILES string of the molecule is CCCCNc1nc(C)nc2ccn(Cc3cc(OC4CCOC4)c(OC)cn3)c12.CCCCNc1nc(C)nc2ccn(Cc3ccccc3OCC)c12.Cc1nc(NCC2CCCO2)c2c(ccn2Cc2ccccn2)n1.Cc1nc(NCc2cc(C)on2)c2c(ccn2Cc2cc(C(F)(F)F)ccn2)n1.Cc1nc(NCc2cc(C)on2)c2c(ccn2Cc2ccc(F)cn2)n1. The van der Waals surface area contributed by atoms with Crippen LogP contribution >= 0.6 is 0 Å². The molecule has 0 aliphatic carbocycles. The molecule has 16 aromatic heterocycles. The number of fused-ring (bicyclic) bond motifs is 5. The number of hydrogen-bond acceptors (Lipinski definition) is 28. The van der Waals surface area contributed by atoms with E-state index >= 15 is 0 Å². The Morgan fingerprint density at radius 1 is 0.440 bits per heavy atom. The van der Waals surface area contributed by atoms with E-state index in [1.165, 1.54) is 12.3 Å². The van der Waals surface area contributed by atoms with E-state index in [-0.39, 0.29) is 30.3 Å². The Bertz CT molecular complexity index is 6740. The molecule has 134 heavy (non-hydrogen) atoms. The lowest BCUT2D eigenvalue weighted by Gasteiger charge is -2.16. The summed E-state index contributed by atoms with van der Waals surface area (Å²) in [6, 6.07) is 34.7. The van der Waals surface area contributed by atoms with Gasteiger partial charge in [-0.3, -0.25) is 19.9 Å². The van der Waals surface area contributed by atoms with Gasteiger partial charge in [0.1, 0.15) is 97.3 Å². The molecular weight excluding hydrogens is 1720 g/mol. The molecule has 2 atom stereocenters. The summed E-state index contributed by atoms with van der Waals surface area (Å²) in [5.41, 5.74) is 13.8. The number of aryl methyl sites for hydroxylation is 7. The van der Waals surface area contributed by atoms with Crippen LogP contribution in [0, 0.1) is 54.3 Å². The van der Waals surface area contributed by atoms with Crippen LogP contribution in [0.1, 0.15) is 152 Å². The molecular formula is C97H110F4N26O7. The molecule has 2 aliphatic heterocycles. The summed E-state index contributed by atoms with van der Waals surface area (Å²) in [6.45, 7) is 28.4. The smallest absolute Gasteiger partial charge is 0.416 e. The first kappa shape index (κ1) is 94.0. The topological polar surface area (TPSA) is 363 Å². The van der Waals surface area contributed by atoms with E-state index in [1.54, 1.807) is 50.1 Å².